The maximum atomic E-state index is 12.6. The standard InChI is InChI=1S/C15H17N3O5S/c1-8(19)6-18-13(21)10-4-3-9(14(22)23-2)5-11(10)17-15(18)24-7-12(16)20/h3-5,8,19H,6-7H2,1-2H3,(H2,16,20)/t8-/m1/s1. The van der Waals surface area contributed by atoms with Crippen molar-refractivity contribution in [3.8, 4) is 0 Å². The minimum absolute atomic E-state index is 0.0294. The van der Waals surface area contributed by atoms with E-state index in [0.717, 1.165) is 11.8 Å². The highest BCUT2D eigenvalue weighted by atomic mass is 32.2. The van der Waals surface area contributed by atoms with Crippen LogP contribution in [0.2, 0.25) is 0 Å². The van der Waals surface area contributed by atoms with Crippen molar-refractivity contribution in [3.05, 3.63) is 34.1 Å². The first kappa shape index (κ1) is 18.0. The third kappa shape index (κ3) is 3.92. The maximum Gasteiger partial charge on any atom is 0.337 e. The number of thioether (sulfide) groups is 1. The second kappa shape index (κ2) is 7.45. The van der Waals surface area contributed by atoms with Crippen LogP contribution in [-0.2, 0) is 16.1 Å². The molecule has 8 nitrogen and oxygen atoms in total. The Morgan fingerprint density at radius 3 is 2.75 bits per heavy atom. The number of carbonyl (C=O) groups excluding carboxylic acids is 2. The number of esters is 1. The van der Waals surface area contributed by atoms with E-state index in [9.17, 15) is 19.5 Å². The lowest BCUT2D eigenvalue weighted by atomic mass is 10.1. The fourth-order valence-electron chi connectivity index (χ4n) is 2.12. The topological polar surface area (TPSA) is 125 Å². The van der Waals surface area contributed by atoms with Crippen molar-refractivity contribution in [1.82, 2.24) is 9.55 Å². The van der Waals surface area contributed by atoms with E-state index in [-0.39, 0.29) is 28.6 Å². The molecule has 0 radical (unpaired) electrons. The van der Waals surface area contributed by atoms with Crippen molar-refractivity contribution in [3.63, 3.8) is 0 Å². The van der Waals surface area contributed by atoms with E-state index >= 15 is 0 Å². The van der Waals surface area contributed by atoms with Gasteiger partial charge < -0.3 is 15.6 Å². The van der Waals surface area contributed by atoms with E-state index < -0.39 is 18.0 Å². The number of hydrogen-bond acceptors (Lipinski definition) is 7. The summed E-state index contributed by atoms with van der Waals surface area (Å²) in [7, 11) is 1.26. The van der Waals surface area contributed by atoms with Gasteiger partial charge in [0.05, 0.1) is 42.0 Å². The minimum Gasteiger partial charge on any atom is -0.465 e. The summed E-state index contributed by atoms with van der Waals surface area (Å²) >= 11 is 0.996. The Morgan fingerprint density at radius 1 is 1.46 bits per heavy atom. The molecule has 0 saturated heterocycles. The number of carbonyl (C=O) groups is 2. The van der Waals surface area contributed by atoms with Gasteiger partial charge in [-0.1, -0.05) is 11.8 Å². The lowest BCUT2D eigenvalue weighted by Crippen LogP contribution is -2.28. The number of aromatic nitrogens is 2. The van der Waals surface area contributed by atoms with Crippen molar-refractivity contribution in [1.29, 1.82) is 0 Å². The second-order valence-electron chi connectivity index (χ2n) is 5.14. The molecule has 0 saturated carbocycles. The summed E-state index contributed by atoms with van der Waals surface area (Å²) in [4.78, 5) is 39.6. The van der Waals surface area contributed by atoms with Gasteiger partial charge in [-0.25, -0.2) is 9.78 Å². The number of ether oxygens (including phenoxy) is 1. The van der Waals surface area contributed by atoms with Crippen molar-refractivity contribution in [2.24, 2.45) is 5.73 Å². The Morgan fingerprint density at radius 2 is 2.17 bits per heavy atom. The molecule has 0 aliphatic heterocycles. The average Bonchev–Trinajstić information content (AvgIpc) is 2.54. The molecule has 2 aromatic rings. The number of rotatable bonds is 6. The molecule has 24 heavy (non-hydrogen) atoms. The quantitative estimate of drug-likeness (QED) is 0.431. The minimum atomic E-state index is -0.774. The van der Waals surface area contributed by atoms with Gasteiger partial charge in [-0.15, -0.1) is 0 Å². The van der Waals surface area contributed by atoms with Crippen LogP contribution in [-0.4, -0.2) is 45.5 Å². The number of benzene rings is 1. The van der Waals surface area contributed by atoms with E-state index in [1.54, 1.807) is 6.92 Å². The molecule has 0 aliphatic carbocycles. The molecule has 1 heterocycles. The zero-order chi connectivity index (χ0) is 17.9. The van der Waals surface area contributed by atoms with Crippen molar-refractivity contribution < 1.29 is 19.4 Å². The van der Waals surface area contributed by atoms with Gasteiger partial charge in [-0.2, -0.15) is 0 Å². The van der Waals surface area contributed by atoms with E-state index in [4.69, 9.17) is 5.73 Å². The predicted octanol–water partition coefficient (Wildman–Crippen LogP) is 0.141. The van der Waals surface area contributed by atoms with Gasteiger partial charge in [0, 0.05) is 0 Å². The lowest BCUT2D eigenvalue weighted by molar-refractivity contribution is -0.115. The molecule has 1 aromatic carbocycles. The molecule has 3 N–H and O–H groups in total. The first-order valence-electron chi connectivity index (χ1n) is 7.05. The summed E-state index contributed by atoms with van der Waals surface area (Å²) in [5.41, 5.74) is 5.33. The lowest BCUT2D eigenvalue weighted by Gasteiger charge is -2.14. The summed E-state index contributed by atoms with van der Waals surface area (Å²) in [5, 5.41) is 10.1. The van der Waals surface area contributed by atoms with Gasteiger partial charge in [-0.05, 0) is 25.1 Å². The summed E-state index contributed by atoms with van der Waals surface area (Å²) in [6, 6.07) is 4.40. The van der Waals surface area contributed by atoms with Crippen LogP contribution in [0.1, 0.15) is 17.3 Å². The Hall–Kier alpha value is -2.39. The average molecular weight is 351 g/mol. The van der Waals surface area contributed by atoms with Crippen molar-refractivity contribution >= 4 is 34.5 Å². The van der Waals surface area contributed by atoms with Crippen LogP contribution in [0.4, 0.5) is 0 Å². The molecular weight excluding hydrogens is 334 g/mol. The normalized spacial score (nSPS) is 12.1. The third-order valence-corrected chi connectivity index (χ3v) is 4.13. The Kier molecular flexibility index (Phi) is 5.58. The van der Waals surface area contributed by atoms with Crippen LogP contribution in [0, 0.1) is 0 Å². The van der Waals surface area contributed by atoms with E-state index in [1.165, 1.54) is 29.9 Å². The molecule has 1 atom stereocenters. The highest BCUT2D eigenvalue weighted by Crippen LogP contribution is 2.19. The highest BCUT2D eigenvalue weighted by Gasteiger charge is 2.16. The second-order valence-corrected chi connectivity index (χ2v) is 6.08. The predicted molar refractivity (Wildman–Crippen MR) is 88.9 cm³/mol. The SMILES string of the molecule is COC(=O)c1ccc2c(=O)n(C[C@@H](C)O)c(SCC(N)=O)nc2c1. The number of aliphatic hydroxyl groups excluding tert-OH is 1. The smallest absolute Gasteiger partial charge is 0.337 e. The Bertz CT molecular complexity index is 847. The van der Waals surface area contributed by atoms with Crippen LogP contribution in [0.5, 0.6) is 0 Å². The third-order valence-electron chi connectivity index (χ3n) is 3.13. The molecule has 0 spiro atoms. The molecule has 0 fully saturated rings. The Labute approximate surface area is 141 Å². The fraction of sp³-hybridized carbons (Fsp3) is 0.333. The number of hydrogen-bond donors (Lipinski definition) is 2. The molecule has 1 aromatic heterocycles. The van der Waals surface area contributed by atoms with Gasteiger partial charge >= 0.3 is 5.97 Å². The number of nitrogens with zero attached hydrogens (tertiary/aromatic N) is 2. The molecule has 9 heteroatoms. The van der Waals surface area contributed by atoms with E-state index in [1.807, 2.05) is 0 Å². The fourth-order valence-corrected chi connectivity index (χ4v) is 2.86. The summed E-state index contributed by atoms with van der Waals surface area (Å²) in [6.45, 7) is 1.57. The van der Waals surface area contributed by atoms with Crippen LogP contribution in [0.15, 0.2) is 28.2 Å². The number of fused-ring (bicyclic) bond motifs is 1. The van der Waals surface area contributed by atoms with Crippen molar-refractivity contribution in [2.75, 3.05) is 12.9 Å². The van der Waals surface area contributed by atoms with Crippen LogP contribution >= 0.6 is 11.8 Å². The molecule has 0 bridgehead atoms. The summed E-state index contributed by atoms with van der Waals surface area (Å²) in [6.07, 6.45) is -0.774. The molecular formula is C15H17N3O5S. The summed E-state index contributed by atoms with van der Waals surface area (Å²) in [5.74, 6) is -1.16. The highest BCUT2D eigenvalue weighted by molar-refractivity contribution is 7.99. The maximum absolute atomic E-state index is 12.6. The molecule has 128 valence electrons. The number of primary amides is 1. The van der Waals surface area contributed by atoms with Crippen LogP contribution in [0.3, 0.4) is 0 Å². The molecule has 0 aliphatic rings. The zero-order valence-corrected chi connectivity index (χ0v) is 14.0. The molecule has 1 amide bonds. The van der Waals surface area contributed by atoms with Gasteiger partial charge in [0.25, 0.3) is 5.56 Å². The number of amides is 1. The van der Waals surface area contributed by atoms with E-state index in [2.05, 4.69) is 9.72 Å². The number of nitrogens with two attached hydrogens (primary N) is 1. The van der Waals surface area contributed by atoms with Crippen LogP contribution in [0.25, 0.3) is 10.9 Å². The first-order valence-corrected chi connectivity index (χ1v) is 8.04. The monoisotopic (exact) mass is 351 g/mol. The first-order chi connectivity index (χ1) is 11.3. The molecule has 2 rings (SSSR count). The van der Waals surface area contributed by atoms with Gasteiger partial charge in [0.2, 0.25) is 5.91 Å². The van der Waals surface area contributed by atoms with Gasteiger partial charge in [0.1, 0.15) is 0 Å². The van der Waals surface area contributed by atoms with Gasteiger partial charge in [0.15, 0.2) is 5.16 Å². The number of methoxy groups -OCH3 is 1. The van der Waals surface area contributed by atoms with Crippen molar-refractivity contribution in [2.45, 2.75) is 24.7 Å². The van der Waals surface area contributed by atoms with E-state index in [0.29, 0.717) is 10.9 Å². The molecule has 0 unspecified atom stereocenters. The zero-order valence-electron chi connectivity index (χ0n) is 13.2. The van der Waals surface area contributed by atoms with Crippen LogP contribution < -0.4 is 11.3 Å². The van der Waals surface area contributed by atoms with Gasteiger partial charge in [-0.3, -0.25) is 14.2 Å². The largest absolute Gasteiger partial charge is 0.465 e. The number of aliphatic hydroxyl groups is 1. The Balaban J connectivity index is 2.62. The summed E-state index contributed by atoms with van der Waals surface area (Å²) < 4.78 is 5.94.